The third-order valence-electron chi connectivity index (χ3n) is 17.4. The first-order valence-electron chi connectivity index (χ1n) is 28.0. The Balaban J connectivity index is 0.00000257. The maximum absolute atomic E-state index is 2.49. The predicted octanol–water partition coefficient (Wildman–Crippen LogP) is 21.9. The molecule has 0 atom stereocenters. The topological polar surface area (TPSA) is 0 Å². The van der Waals surface area contributed by atoms with E-state index in [0.717, 1.165) is 6.42 Å². The first-order chi connectivity index (χ1) is 39.2. The van der Waals surface area contributed by atoms with Gasteiger partial charge in [-0.05, 0) is 196 Å². The predicted molar refractivity (Wildman–Crippen MR) is 337 cm³/mol. The van der Waals surface area contributed by atoms with Crippen molar-refractivity contribution in [2.75, 3.05) is 0 Å². The second-order valence-corrected chi connectivity index (χ2v) is 21.3. The molecule has 0 N–H and O–H groups in total. The van der Waals surface area contributed by atoms with E-state index in [4.69, 9.17) is 0 Å². The lowest BCUT2D eigenvalue weighted by atomic mass is 9.81. The zero-order chi connectivity index (χ0) is 52.3. The second kappa shape index (κ2) is 17.9. The third kappa shape index (κ3) is 6.62. The average molecular weight is 1000 g/mol. The lowest BCUT2D eigenvalue weighted by Gasteiger charge is -2.21. The van der Waals surface area contributed by atoms with Gasteiger partial charge >= 0.3 is 0 Å². The van der Waals surface area contributed by atoms with Crippen LogP contribution in [0.1, 0.15) is 36.1 Å². The van der Waals surface area contributed by atoms with Crippen molar-refractivity contribution < 1.29 is 0 Å². The maximum atomic E-state index is 2.49. The van der Waals surface area contributed by atoms with Crippen molar-refractivity contribution in [2.24, 2.45) is 0 Å². The summed E-state index contributed by atoms with van der Waals surface area (Å²) in [5.74, 6) is 0. The van der Waals surface area contributed by atoms with Gasteiger partial charge < -0.3 is 0 Å². The molecule has 0 heteroatoms. The van der Waals surface area contributed by atoms with Gasteiger partial charge in [-0.3, -0.25) is 0 Å². The SMILES string of the molecule is C1=C2c3c(ccc4c3CC(=C1)c1ccc3c5c(ccc-4c15)-c1c-3c(-c3ccccc3)c3ccc(-c4ccccc4)cc3c1-c1ccccc1)-c1c2c(-c2ccccc2)c2ccc(-c3ccccc3)cc2c1-c1ccccc1.CC. The molecular weight excluding hydrogens is 949 g/mol. The minimum atomic E-state index is 0.841. The molecule has 2 bridgehead atoms. The Hall–Kier alpha value is -9.88. The van der Waals surface area contributed by atoms with Gasteiger partial charge in [0.05, 0.1) is 0 Å². The fourth-order valence-corrected chi connectivity index (χ4v) is 14.2. The Morgan fingerprint density at radius 2 is 0.582 bits per heavy atom. The Morgan fingerprint density at radius 1 is 0.228 bits per heavy atom. The molecule has 0 amide bonds. The van der Waals surface area contributed by atoms with Crippen LogP contribution in [-0.4, -0.2) is 0 Å². The molecule has 0 spiro atoms. The summed E-state index contributed by atoms with van der Waals surface area (Å²) in [4.78, 5) is 0. The summed E-state index contributed by atoms with van der Waals surface area (Å²) in [6.45, 7) is 4.00. The van der Waals surface area contributed by atoms with Crippen LogP contribution in [0.15, 0.2) is 267 Å². The van der Waals surface area contributed by atoms with Crippen LogP contribution in [0.5, 0.6) is 0 Å². The molecule has 13 aromatic rings. The second-order valence-electron chi connectivity index (χ2n) is 21.3. The van der Waals surface area contributed by atoms with Crippen LogP contribution in [0.3, 0.4) is 0 Å². The highest BCUT2D eigenvalue weighted by atomic mass is 14.4. The molecular formula is C79H52. The van der Waals surface area contributed by atoms with Crippen molar-refractivity contribution in [1.29, 1.82) is 0 Å². The van der Waals surface area contributed by atoms with Gasteiger partial charge in [0.25, 0.3) is 0 Å². The number of fused-ring (bicyclic) bond motifs is 11. The number of allylic oxidation sites excluding steroid dienone is 3. The van der Waals surface area contributed by atoms with E-state index >= 15 is 0 Å². The van der Waals surface area contributed by atoms with Crippen molar-refractivity contribution in [3.63, 3.8) is 0 Å². The Morgan fingerprint density at radius 3 is 1.05 bits per heavy atom. The van der Waals surface area contributed by atoms with Gasteiger partial charge in [0.2, 0.25) is 0 Å². The Kier molecular flexibility index (Phi) is 10.2. The minimum absolute atomic E-state index is 0.841. The fraction of sp³-hybridized carbons (Fsp3) is 0.0380. The molecule has 0 radical (unpaired) electrons. The summed E-state index contributed by atoms with van der Waals surface area (Å²) >= 11 is 0. The van der Waals surface area contributed by atoms with Crippen molar-refractivity contribution in [1.82, 2.24) is 0 Å². The molecule has 0 nitrogen and oxygen atoms in total. The molecule has 13 aromatic carbocycles. The molecule has 0 saturated heterocycles. The molecule has 0 aliphatic heterocycles. The first-order valence-corrected chi connectivity index (χ1v) is 28.0. The minimum Gasteiger partial charge on any atom is -0.0683 e. The summed E-state index contributed by atoms with van der Waals surface area (Å²) in [5, 5.41) is 7.79. The maximum Gasteiger partial charge on any atom is -0.000705 e. The zero-order valence-electron chi connectivity index (χ0n) is 44.1. The summed E-state index contributed by atoms with van der Waals surface area (Å²) in [5.41, 5.74) is 33.7. The molecule has 368 valence electrons. The quantitative estimate of drug-likeness (QED) is 0.156. The number of hydrogen-bond donors (Lipinski definition) is 0. The van der Waals surface area contributed by atoms with Crippen LogP contribution in [0.25, 0.3) is 155 Å². The molecule has 0 heterocycles. The highest BCUT2D eigenvalue weighted by molar-refractivity contribution is 6.31. The number of rotatable bonds is 6. The number of hydrogen-bond acceptors (Lipinski definition) is 0. The smallest absolute Gasteiger partial charge is 0.000705 e. The van der Waals surface area contributed by atoms with Gasteiger partial charge in [-0.15, -0.1) is 0 Å². The Labute approximate surface area is 461 Å². The highest BCUT2D eigenvalue weighted by Crippen LogP contribution is 2.63. The third-order valence-corrected chi connectivity index (χ3v) is 17.4. The van der Waals surface area contributed by atoms with Crippen LogP contribution in [0, 0.1) is 0 Å². The van der Waals surface area contributed by atoms with E-state index in [1.54, 1.807) is 0 Å². The lowest BCUT2D eigenvalue weighted by molar-refractivity contribution is 1.30. The zero-order valence-corrected chi connectivity index (χ0v) is 44.1. The molecule has 4 aliphatic rings. The fourth-order valence-electron chi connectivity index (χ4n) is 14.2. The highest BCUT2D eigenvalue weighted by Gasteiger charge is 2.39. The Bertz CT molecular complexity index is 4740. The van der Waals surface area contributed by atoms with Crippen LogP contribution in [0.4, 0.5) is 0 Å². The van der Waals surface area contributed by atoms with Crippen LogP contribution in [0.2, 0.25) is 0 Å². The monoisotopic (exact) mass is 1000 g/mol. The van der Waals surface area contributed by atoms with E-state index in [9.17, 15) is 0 Å². The molecule has 0 unspecified atom stereocenters. The average Bonchev–Trinajstić information content (AvgIpc) is 3.53. The molecule has 79 heavy (non-hydrogen) atoms. The molecule has 17 rings (SSSR count). The van der Waals surface area contributed by atoms with E-state index < -0.39 is 0 Å². The van der Waals surface area contributed by atoms with Crippen LogP contribution in [-0.2, 0) is 6.42 Å². The summed E-state index contributed by atoms with van der Waals surface area (Å²) in [6, 6.07) is 95.5. The lowest BCUT2D eigenvalue weighted by Crippen LogP contribution is -1.95. The molecule has 0 aromatic heterocycles. The number of benzene rings is 13. The van der Waals surface area contributed by atoms with Crippen molar-refractivity contribution in [3.05, 3.63) is 289 Å². The van der Waals surface area contributed by atoms with Gasteiger partial charge in [0, 0.05) is 0 Å². The van der Waals surface area contributed by atoms with Gasteiger partial charge in [-0.2, -0.15) is 0 Å². The van der Waals surface area contributed by atoms with Crippen molar-refractivity contribution in [3.8, 4) is 111 Å². The summed E-state index contributed by atoms with van der Waals surface area (Å²) in [6.07, 6.45) is 5.82. The van der Waals surface area contributed by atoms with Gasteiger partial charge in [-0.1, -0.05) is 269 Å². The normalized spacial score (nSPS) is 12.8. The van der Waals surface area contributed by atoms with Gasteiger partial charge in [-0.25, -0.2) is 0 Å². The first kappa shape index (κ1) is 45.3. The van der Waals surface area contributed by atoms with Crippen LogP contribution < -0.4 is 0 Å². The van der Waals surface area contributed by atoms with E-state index in [2.05, 4.69) is 267 Å². The van der Waals surface area contributed by atoms with E-state index in [1.165, 1.54) is 177 Å². The van der Waals surface area contributed by atoms with Crippen LogP contribution >= 0.6 is 0 Å². The standard InChI is InChI=1S/C77H46.C2H6/c1-7-19-46(20-8-1)52-31-34-58-65(43-52)69(50-27-15-5-16-28-50)75-61-41-38-56-57-39-42-63-73-62(40-37-55(72(57)73)54-33-36-60(71(61)64(56)45-54)74(75)67(58)48-23-11-3-12-24-48)76-68(49-25-13-4-14-26-49)59-35-32-53(47-21-9-2-10-22-47)44-66(59)70(77(63)76)51-29-17-6-18-30-51;1-2/h1-44H,45H2;1-2H3. The van der Waals surface area contributed by atoms with Gasteiger partial charge in [0.15, 0.2) is 0 Å². The van der Waals surface area contributed by atoms with E-state index in [0.29, 0.717) is 0 Å². The summed E-state index contributed by atoms with van der Waals surface area (Å²) < 4.78 is 0. The van der Waals surface area contributed by atoms with E-state index in [-0.39, 0.29) is 0 Å². The van der Waals surface area contributed by atoms with E-state index in [1.807, 2.05) is 13.8 Å². The molecule has 0 fully saturated rings. The van der Waals surface area contributed by atoms with Crippen molar-refractivity contribution in [2.45, 2.75) is 20.3 Å². The van der Waals surface area contributed by atoms with Gasteiger partial charge in [0.1, 0.15) is 0 Å². The largest absolute Gasteiger partial charge is 0.0683 e. The molecule has 0 saturated carbocycles. The summed E-state index contributed by atoms with van der Waals surface area (Å²) in [7, 11) is 0. The van der Waals surface area contributed by atoms with Crippen molar-refractivity contribution >= 4 is 43.5 Å². The molecule has 4 aliphatic carbocycles.